The van der Waals surface area contributed by atoms with Crippen LogP contribution < -0.4 is 5.73 Å². The van der Waals surface area contributed by atoms with Crippen LogP contribution in [0.4, 0.5) is 5.82 Å². The lowest BCUT2D eigenvalue weighted by Crippen LogP contribution is -2.20. The van der Waals surface area contributed by atoms with E-state index < -0.39 is 0 Å². The van der Waals surface area contributed by atoms with E-state index in [-0.39, 0.29) is 6.10 Å². The summed E-state index contributed by atoms with van der Waals surface area (Å²) in [7, 11) is 0. The van der Waals surface area contributed by atoms with Crippen molar-refractivity contribution < 1.29 is 5.11 Å². The molecule has 0 saturated heterocycles. The van der Waals surface area contributed by atoms with Crippen molar-refractivity contribution in [3.63, 3.8) is 0 Å². The van der Waals surface area contributed by atoms with Crippen LogP contribution in [-0.2, 0) is 6.42 Å². The number of rotatable bonds is 8. The van der Waals surface area contributed by atoms with Crippen LogP contribution in [0, 0.1) is 5.92 Å². The second-order valence-electron chi connectivity index (χ2n) is 8.01. The average molecular weight is 381 g/mol. The number of nitrogen functional groups attached to an aromatic ring is 1. The summed E-state index contributed by atoms with van der Waals surface area (Å²) in [6.07, 6.45) is 12.2. The van der Waals surface area contributed by atoms with Crippen molar-refractivity contribution in [2.75, 3.05) is 5.73 Å². The molecule has 0 bridgehead atoms. The fourth-order valence-electron chi connectivity index (χ4n) is 3.97. The molecule has 1 aliphatic rings. The third-order valence-corrected chi connectivity index (χ3v) is 5.82. The molecule has 28 heavy (non-hydrogen) atoms. The zero-order valence-corrected chi connectivity index (χ0v) is 17.0. The zero-order chi connectivity index (χ0) is 20.1. The van der Waals surface area contributed by atoms with Crippen molar-refractivity contribution >= 4 is 22.3 Å². The maximum Gasteiger partial charge on any atom is 0.134 e. The minimum absolute atomic E-state index is 0.155. The Hall–Kier alpha value is -2.27. The molecule has 3 N–H and O–H groups in total. The van der Waals surface area contributed by atoms with Gasteiger partial charge < -0.3 is 10.8 Å². The fraction of sp³-hybridized carbons (Fsp3) is 0.522. The molecule has 0 radical (unpaired) electrons. The highest BCUT2D eigenvalue weighted by Gasteiger charge is 2.22. The first-order valence-electron chi connectivity index (χ1n) is 10.4. The lowest BCUT2D eigenvalue weighted by Gasteiger charge is -2.26. The third kappa shape index (κ3) is 4.76. The first-order chi connectivity index (χ1) is 13.5. The van der Waals surface area contributed by atoms with Crippen LogP contribution in [-0.4, -0.2) is 26.2 Å². The molecule has 0 spiro atoms. The predicted molar refractivity (Wildman–Crippen MR) is 116 cm³/mol. The summed E-state index contributed by atoms with van der Waals surface area (Å²) in [4.78, 5) is 13.7. The average Bonchev–Trinajstić information content (AvgIpc) is 2.69. The van der Waals surface area contributed by atoms with E-state index in [1.165, 1.54) is 12.8 Å². The van der Waals surface area contributed by atoms with Crippen LogP contribution >= 0.6 is 0 Å². The molecule has 1 saturated carbocycles. The van der Waals surface area contributed by atoms with Gasteiger partial charge in [-0.15, -0.1) is 0 Å². The van der Waals surface area contributed by atoms with Gasteiger partial charge in [-0.05, 0) is 50.0 Å². The molecule has 150 valence electrons. The molecule has 2 aromatic rings. The Kier molecular flexibility index (Phi) is 6.79. The minimum Gasteiger partial charge on any atom is -0.393 e. The minimum atomic E-state index is -0.155. The summed E-state index contributed by atoms with van der Waals surface area (Å²) in [5.74, 6) is 1.65. The molecule has 5 heteroatoms. The summed E-state index contributed by atoms with van der Waals surface area (Å²) in [5, 5.41) is 10.5. The number of hydrogen-bond acceptors (Lipinski definition) is 5. The highest BCUT2D eigenvalue weighted by molar-refractivity contribution is 5.95. The van der Waals surface area contributed by atoms with Crippen LogP contribution in [0.25, 0.3) is 16.5 Å². The Morgan fingerprint density at radius 1 is 1.14 bits per heavy atom. The summed E-state index contributed by atoms with van der Waals surface area (Å²) < 4.78 is 0. The number of nitrogens with two attached hydrogens (primary N) is 1. The maximum absolute atomic E-state index is 9.72. The van der Waals surface area contributed by atoms with Crippen LogP contribution in [0.1, 0.15) is 69.7 Å². The monoisotopic (exact) mass is 380 g/mol. The van der Waals surface area contributed by atoms with Crippen molar-refractivity contribution in [3.05, 3.63) is 42.5 Å². The molecule has 0 aliphatic heterocycles. The van der Waals surface area contributed by atoms with Gasteiger partial charge in [0.15, 0.2) is 0 Å². The highest BCUT2D eigenvalue weighted by Crippen LogP contribution is 2.32. The third-order valence-electron chi connectivity index (χ3n) is 5.82. The van der Waals surface area contributed by atoms with E-state index in [1.54, 1.807) is 12.4 Å². The van der Waals surface area contributed by atoms with Crippen molar-refractivity contribution in [2.45, 2.75) is 70.8 Å². The van der Waals surface area contributed by atoms with E-state index in [4.69, 9.17) is 10.7 Å². The molecule has 1 aliphatic carbocycles. The molecule has 3 rings (SSSR count). The topological polar surface area (TPSA) is 84.9 Å². The van der Waals surface area contributed by atoms with Crippen LogP contribution in [0.15, 0.2) is 31.1 Å². The number of allylic oxidation sites excluding steroid dienone is 2. The van der Waals surface area contributed by atoms with E-state index >= 15 is 0 Å². The van der Waals surface area contributed by atoms with E-state index in [9.17, 15) is 5.11 Å². The quantitative estimate of drug-likeness (QED) is 0.505. The summed E-state index contributed by atoms with van der Waals surface area (Å²) in [6, 6.07) is 0. The van der Waals surface area contributed by atoms with Gasteiger partial charge in [-0.25, -0.2) is 15.0 Å². The van der Waals surface area contributed by atoms with E-state index in [2.05, 4.69) is 30.0 Å². The maximum atomic E-state index is 9.72. The molecule has 1 fully saturated rings. The fourth-order valence-corrected chi connectivity index (χ4v) is 3.97. The van der Waals surface area contributed by atoms with Crippen LogP contribution in [0.2, 0.25) is 0 Å². The highest BCUT2D eigenvalue weighted by atomic mass is 16.3. The molecular weight excluding hydrogens is 348 g/mol. The van der Waals surface area contributed by atoms with Gasteiger partial charge in [0.1, 0.15) is 11.6 Å². The number of anilines is 1. The van der Waals surface area contributed by atoms with Gasteiger partial charge in [-0.2, -0.15) is 0 Å². The van der Waals surface area contributed by atoms with E-state index in [0.29, 0.717) is 18.2 Å². The standard InChI is InChI=1S/C23H32N4O/c1-4-5-6-7-15(2)19-13-26-23(24)20-14-25-21(27-22(19)20)12-16(3)17-8-10-18(28)11-9-17/h13-14,17-18,28H,2-12H2,1H3,(H2,24,26). The van der Waals surface area contributed by atoms with Gasteiger partial charge in [0.05, 0.1) is 17.0 Å². The lowest BCUT2D eigenvalue weighted by molar-refractivity contribution is 0.115. The zero-order valence-electron chi connectivity index (χ0n) is 17.0. The molecule has 0 atom stereocenters. The number of pyridine rings is 1. The second-order valence-corrected chi connectivity index (χ2v) is 8.01. The smallest absolute Gasteiger partial charge is 0.134 e. The summed E-state index contributed by atoms with van der Waals surface area (Å²) >= 11 is 0. The van der Waals surface area contributed by atoms with E-state index in [0.717, 1.165) is 72.0 Å². The van der Waals surface area contributed by atoms with Crippen molar-refractivity contribution in [2.24, 2.45) is 5.92 Å². The normalized spacial score (nSPS) is 19.6. The van der Waals surface area contributed by atoms with Crippen LogP contribution in [0.5, 0.6) is 0 Å². The Balaban J connectivity index is 1.81. The van der Waals surface area contributed by atoms with Crippen LogP contribution in [0.3, 0.4) is 0 Å². The number of hydrogen-bond donors (Lipinski definition) is 2. The number of aliphatic hydroxyl groups is 1. The first-order valence-corrected chi connectivity index (χ1v) is 10.4. The van der Waals surface area contributed by atoms with Crippen molar-refractivity contribution in [1.82, 2.24) is 15.0 Å². The number of fused-ring (bicyclic) bond motifs is 1. The predicted octanol–water partition coefficient (Wildman–Crippen LogP) is 4.85. The Morgan fingerprint density at radius 3 is 2.61 bits per heavy atom. The van der Waals surface area contributed by atoms with Gasteiger partial charge in [-0.1, -0.05) is 38.5 Å². The molecule has 2 aromatic heterocycles. The van der Waals surface area contributed by atoms with Gasteiger partial charge >= 0.3 is 0 Å². The number of aromatic nitrogens is 3. The van der Waals surface area contributed by atoms with Gasteiger partial charge in [0.25, 0.3) is 0 Å². The summed E-state index contributed by atoms with van der Waals surface area (Å²) in [5.41, 5.74) is 10.1. The Labute approximate surface area is 167 Å². The van der Waals surface area contributed by atoms with Crippen molar-refractivity contribution in [1.29, 1.82) is 0 Å². The van der Waals surface area contributed by atoms with Gasteiger partial charge in [0.2, 0.25) is 0 Å². The first kappa shape index (κ1) is 20.5. The molecule has 2 heterocycles. The van der Waals surface area contributed by atoms with E-state index in [1.807, 2.05) is 0 Å². The molecule has 0 aromatic carbocycles. The molecule has 0 amide bonds. The lowest BCUT2D eigenvalue weighted by atomic mass is 9.82. The second kappa shape index (κ2) is 9.28. The summed E-state index contributed by atoms with van der Waals surface area (Å²) in [6.45, 7) is 10.7. The molecular formula is C23H32N4O. The Morgan fingerprint density at radius 2 is 1.89 bits per heavy atom. The largest absolute Gasteiger partial charge is 0.393 e. The molecule has 0 unspecified atom stereocenters. The number of unbranched alkanes of at least 4 members (excludes halogenated alkanes) is 2. The number of nitrogens with zero attached hydrogens (tertiary/aromatic N) is 3. The van der Waals surface area contributed by atoms with Crippen molar-refractivity contribution in [3.8, 4) is 0 Å². The van der Waals surface area contributed by atoms with Gasteiger partial charge in [0, 0.05) is 24.4 Å². The van der Waals surface area contributed by atoms with Gasteiger partial charge in [-0.3, -0.25) is 0 Å². The Bertz CT molecular complexity index is 853. The SMILES string of the molecule is C=C(CCCCC)c1cnc(N)c2cnc(CC(=C)C3CCC(O)CC3)nc12. The molecule has 5 nitrogen and oxygen atoms in total. The number of aliphatic hydroxyl groups excluding tert-OH is 1.